The molecule has 11 heteroatoms. The van der Waals surface area contributed by atoms with Crippen molar-refractivity contribution in [2.24, 2.45) is 0 Å². The number of rotatable bonds is 3. The van der Waals surface area contributed by atoms with E-state index >= 15 is 0 Å². The highest BCUT2D eigenvalue weighted by atomic mass is 19.4. The molecule has 18 heavy (non-hydrogen) atoms. The van der Waals surface area contributed by atoms with Gasteiger partial charge in [-0.2, -0.15) is 48.3 Å². The van der Waals surface area contributed by atoms with Crippen molar-refractivity contribution in [1.82, 2.24) is 0 Å². The first kappa shape index (κ1) is 16.8. The first-order valence-corrected chi connectivity index (χ1v) is 3.62. The first-order chi connectivity index (χ1) is 7.56. The van der Waals surface area contributed by atoms with Crippen LogP contribution < -0.4 is 0 Å². The fourth-order valence-corrected chi connectivity index (χ4v) is 0.663. The second kappa shape index (κ2) is 3.89. The Kier molecular flexibility index (Phi) is 3.63. The minimum absolute atomic E-state index is 0.253. The van der Waals surface area contributed by atoms with Gasteiger partial charge in [0.25, 0.3) is 0 Å². The Morgan fingerprint density at radius 3 is 1.11 bits per heavy atom. The van der Waals surface area contributed by atoms with Crippen molar-refractivity contribution in [3.05, 3.63) is 0 Å². The molecule has 0 aromatic rings. The van der Waals surface area contributed by atoms with Gasteiger partial charge in [0, 0.05) is 0 Å². The topological polar surface area (TPSA) is 0 Å². The summed E-state index contributed by atoms with van der Waals surface area (Å²) in [7, 11) is 0. The summed E-state index contributed by atoms with van der Waals surface area (Å²) >= 11 is 0. The van der Waals surface area contributed by atoms with E-state index in [4.69, 9.17) is 0 Å². The molecule has 0 aromatic heterocycles. The van der Waals surface area contributed by atoms with Crippen LogP contribution in [0.5, 0.6) is 0 Å². The highest BCUT2D eigenvalue weighted by Gasteiger charge is 2.87. The SMILES string of the molecule is C#CC(F)(F)C(F)(F)C(F)(F)C(F)(F)C(F)(F)F. The lowest BCUT2D eigenvalue weighted by molar-refractivity contribution is -0.415. The van der Waals surface area contributed by atoms with Gasteiger partial charge < -0.3 is 0 Å². The number of hydrogen-bond acceptors (Lipinski definition) is 0. The summed E-state index contributed by atoms with van der Waals surface area (Å²) < 4.78 is 133. The van der Waals surface area contributed by atoms with Gasteiger partial charge in [0.05, 0.1) is 0 Å². The molecular formula is C7HF11. The van der Waals surface area contributed by atoms with Gasteiger partial charge in [-0.1, -0.05) is 0 Å². The lowest BCUT2D eigenvalue weighted by atomic mass is 9.98. The zero-order valence-corrected chi connectivity index (χ0v) is 7.73. The van der Waals surface area contributed by atoms with E-state index in [0.29, 0.717) is 0 Å². The van der Waals surface area contributed by atoms with E-state index in [1.165, 1.54) is 0 Å². The summed E-state index contributed by atoms with van der Waals surface area (Å²) in [5.41, 5.74) is 0. The molecule has 106 valence electrons. The standard InChI is InChI=1S/C7HF11/c1-2-3(8,9)4(10,11)5(12,13)6(14,15)7(16,17)18/h1H. The Bertz CT molecular complexity index is 355. The monoisotopic (exact) mass is 294 g/mol. The number of alkyl halides is 11. The zero-order chi connectivity index (χ0) is 15.2. The second-order valence-corrected chi connectivity index (χ2v) is 2.94. The molecule has 0 aliphatic rings. The van der Waals surface area contributed by atoms with Crippen LogP contribution in [-0.4, -0.2) is 29.9 Å². The van der Waals surface area contributed by atoms with E-state index in [9.17, 15) is 48.3 Å². The maximum atomic E-state index is 12.4. The molecule has 0 spiro atoms. The van der Waals surface area contributed by atoms with Gasteiger partial charge >= 0.3 is 29.9 Å². The van der Waals surface area contributed by atoms with E-state index in [2.05, 4.69) is 6.42 Å². The fraction of sp³-hybridized carbons (Fsp3) is 0.714. The van der Waals surface area contributed by atoms with Crippen LogP contribution in [0.25, 0.3) is 0 Å². The fourth-order valence-electron chi connectivity index (χ4n) is 0.663. The maximum absolute atomic E-state index is 12.4. The summed E-state index contributed by atoms with van der Waals surface area (Å²) in [5, 5.41) is 0. The Balaban J connectivity index is 5.90. The van der Waals surface area contributed by atoms with Gasteiger partial charge in [0.1, 0.15) is 0 Å². The average molecular weight is 294 g/mol. The van der Waals surface area contributed by atoms with Gasteiger partial charge in [-0.3, -0.25) is 0 Å². The average Bonchev–Trinajstić information content (AvgIpc) is 2.15. The summed E-state index contributed by atoms with van der Waals surface area (Å²) in [6, 6.07) is 0. The summed E-state index contributed by atoms with van der Waals surface area (Å²) in [5.74, 6) is -28.3. The number of terminal acetylenes is 1. The van der Waals surface area contributed by atoms with E-state index in [1.54, 1.807) is 0 Å². The van der Waals surface area contributed by atoms with Crippen LogP contribution in [0.4, 0.5) is 48.3 Å². The van der Waals surface area contributed by atoms with Crippen molar-refractivity contribution in [2.75, 3.05) is 0 Å². The predicted molar refractivity (Wildman–Crippen MR) is 34.7 cm³/mol. The molecule has 0 fully saturated rings. The minimum atomic E-state index is -7.42. The van der Waals surface area contributed by atoms with Crippen molar-refractivity contribution in [3.63, 3.8) is 0 Å². The minimum Gasteiger partial charge on any atom is -0.192 e. The Labute approximate surface area is 91.7 Å². The number of hydrogen-bond donors (Lipinski definition) is 0. The smallest absolute Gasteiger partial charge is 0.192 e. The van der Waals surface area contributed by atoms with Crippen LogP contribution in [-0.2, 0) is 0 Å². The van der Waals surface area contributed by atoms with Crippen molar-refractivity contribution in [2.45, 2.75) is 29.9 Å². The lowest BCUT2D eigenvalue weighted by Crippen LogP contribution is -2.66. The molecule has 0 atom stereocenters. The van der Waals surface area contributed by atoms with E-state index in [-0.39, 0.29) is 5.92 Å². The molecule has 0 bridgehead atoms. The molecule has 0 rings (SSSR count). The largest absolute Gasteiger partial charge is 0.460 e. The number of halogens is 11. The molecule has 0 amide bonds. The van der Waals surface area contributed by atoms with Crippen LogP contribution in [0.2, 0.25) is 0 Å². The highest BCUT2D eigenvalue weighted by molar-refractivity contribution is 5.16. The lowest BCUT2D eigenvalue weighted by Gasteiger charge is -2.35. The van der Waals surface area contributed by atoms with Crippen LogP contribution in [0, 0.1) is 12.3 Å². The molecule has 0 heterocycles. The van der Waals surface area contributed by atoms with Crippen LogP contribution in [0.1, 0.15) is 0 Å². The predicted octanol–water partition coefficient (Wildman–Crippen LogP) is 3.72. The van der Waals surface area contributed by atoms with E-state index in [0.717, 1.165) is 0 Å². The normalized spacial score (nSPS) is 15.4. The second-order valence-electron chi connectivity index (χ2n) is 2.94. The molecule has 0 saturated heterocycles. The molecule has 0 N–H and O–H groups in total. The molecule has 0 radical (unpaired) electrons. The molecule has 0 unspecified atom stereocenters. The highest BCUT2D eigenvalue weighted by Crippen LogP contribution is 2.56. The van der Waals surface area contributed by atoms with Gasteiger partial charge in [-0.15, -0.1) is 6.42 Å². The Morgan fingerprint density at radius 1 is 0.556 bits per heavy atom. The molecule has 0 saturated carbocycles. The van der Waals surface area contributed by atoms with Crippen LogP contribution in [0.15, 0.2) is 0 Å². The van der Waals surface area contributed by atoms with Crippen molar-refractivity contribution >= 4 is 0 Å². The molecule has 0 nitrogen and oxygen atoms in total. The summed E-state index contributed by atoms with van der Waals surface area (Å²) in [6.45, 7) is 0. The van der Waals surface area contributed by atoms with Crippen molar-refractivity contribution in [1.29, 1.82) is 0 Å². The van der Waals surface area contributed by atoms with E-state index < -0.39 is 29.9 Å². The van der Waals surface area contributed by atoms with E-state index in [1.807, 2.05) is 0 Å². The van der Waals surface area contributed by atoms with Crippen molar-refractivity contribution in [3.8, 4) is 12.3 Å². The molecule has 0 aliphatic heterocycles. The third-order valence-corrected chi connectivity index (χ3v) is 1.72. The Morgan fingerprint density at radius 2 is 0.889 bits per heavy atom. The summed E-state index contributed by atoms with van der Waals surface area (Å²) in [4.78, 5) is 0. The molecular weight excluding hydrogens is 293 g/mol. The van der Waals surface area contributed by atoms with Gasteiger partial charge in [-0.25, -0.2) is 0 Å². The summed E-state index contributed by atoms with van der Waals surface area (Å²) in [6.07, 6.45) is -3.46. The van der Waals surface area contributed by atoms with Crippen LogP contribution in [0.3, 0.4) is 0 Å². The van der Waals surface area contributed by atoms with Gasteiger partial charge in [-0.05, 0) is 5.92 Å². The van der Waals surface area contributed by atoms with Crippen LogP contribution >= 0.6 is 0 Å². The Hall–Kier alpha value is -1.21. The van der Waals surface area contributed by atoms with Gasteiger partial charge in [0.15, 0.2) is 0 Å². The van der Waals surface area contributed by atoms with Crippen molar-refractivity contribution < 1.29 is 48.3 Å². The van der Waals surface area contributed by atoms with Gasteiger partial charge in [0.2, 0.25) is 0 Å². The zero-order valence-electron chi connectivity index (χ0n) is 7.73. The quantitative estimate of drug-likeness (QED) is 0.549. The third-order valence-electron chi connectivity index (χ3n) is 1.72. The third kappa shape index (κ3) is 1.97. The molecule has 0 aromatic carbocycles. The first-order valence-electron chi connectivity index (χ1n) is 3.62. The molecule has 0 aliphatic carbocycles. The maximum Gasteiger partial charge on any atom is 0.460 e.